The lowest BCUT2D eigenvalue weighted by atomic mass is 10.2. The number of carbonyl (C=O) groups excluding carboxylic acids is 1. The monoisotopic (exact) mass is 454 g/mol. The fraction of sp³-hybridized carbons (Fsp3) is 0.105. The van der Waals surface area contributed by atoms with Crippen LogP contribution in [-0.2, 0) is 12.7 Å². The zero-order valence-corrected chi connectivity index (χ0v) is 16.4. The van der Waals surface area contributed by atoms with Crippen LogP contribution in [0.2, 0.25) is 5.02 Å². The molecule has 30 heavy (non-hydrogen) atoms. The van der Waals surface area contributed by atoms with Gasteiger partial charge in [-0.05, 0) is 35.2 Å². The number of carbonyl (C=O) groups is 1. The molecule has 0 fully saturated rings. The summed E-state index contributed by atoms with van der Waals surface area (Å²) in [6.07, 6.45) is -4.75. The second-order valence-electron chi connectivity index (χ2n) is 6.21. The van der Waals surface area contributed by atoms with E-state index in [1.54, 1.807) is 17.5 Å². The van der Waals surface area contributed by atoms with Crippen molar-refractivity contribution in [2.45, 2.75) is 12.7 Å². The van der Waals surface area contributed by atoms with Gasteiger partial charge in [0, 0.05) is 6.54 Å². The van der Waals surface area contributed by atoms with Gasteiger partial charge in [0.25, 0.3) is 5.91 Å². The van der Waals surface area contributed by atoms with E-state index in [2.05, 4.69) is 15.4 Å². The van der Waals surface area contributed by atoms with E-state index >= 15 is 0 Å². The number of nitrogens with one attached hydrogen (secondary N) is 1. The molecule has 0 saturated heterocycles. The number of rotatable bonds is 4. The third kappa shape index (κ3) is 3.88. The maximum absolute atomic E-state index is 13.6. The molecular formula is C19H11ClF4N4OS. The van der Waals surface area contributed by atoms with Gasteiger partial charge in [-0.25, -0.2) is 13.9 Å². The second-order valence-corrected chi connectivity index (χ2v) is 7.53. The van der Waals surface area contributed by atoms with Gasteiger partial charge in [0.15, 0.2) is 17.0 Å². The van der Waals surface area contributed by atoms with E-state index in [0.29, 0.717) is 15.0 Å². The predicted molar refractivity (Wildman–Crippen MR) is 104 cm³/mol. The highest BCUT2D eigenvalue weighted by Crippen LogP contribution is 2.35. The molecule has 1 N–H and O–H groups in total. The number of aromatic nitrogens is 3. The van der Waals surface area contributed by atoms with Crippen LogP contribution in [0.5, 0.6) is 0 Å². The van der Waals surface area contributed by atoms with Crippen LogP contribution in [-0.4, -0.2) is 20.5 Å². The first-order valence-corrected chi connectivity index (χ1v) is 9.73. The van der Waals surface area contributed by atoms with Crippen LogP contribution in [0.3, 0.4) is 0 Å². The second kappa shape index (κ2) is 7.69. The Bertz CT molecular complexity index is 1220. The molecule has 1 amide bonds. The molecule has 4 aromatic rings. The summed E-state index contributed by atoms with van der Waals surface area (Å²) in [5.74, 6) is -1.21. The van der Waals surface area contributed by atoms with E-state index < -0.39 is 23.6 Å². The molecule has 0 saturated carbocycles. The van der Waals surface area contributed by atoms with Gasteiger partial charge in [-0.1, -0.05) is 29.8 Å². The zero-order valence-electron chi connectivity index (χ0n) is 14.9. The largest absolute Gasteiger partial charge is 0.433 e. The van der Waals surface area contributed by atoms with Crippen LogP contribution in [0.4, 0.5) is 17.6 Å². The molecule has 0 atom stereocenters. The Morgan fingerprint density at radius 3 is 2.57 bits per heavy atom. The Morgan fingerprint density at radius 1 is 1.20 bits per heavy atom. The molecule has 5 nitrogen and oxygen atoms in total. The molecule has 3 aromatic heterocycles. The third-order valence-electron chi connectivity index (χ3n) is 4.18. The Balaban J connectivity index is 1.73. The molecule has 154 valence electrons. The van der Waals surface area contributed by atoms with Crippen LogP contribution >= 0.6 is 22.9 Å². The number of alkyl halides is 3. The van der Waals surface area contributed by atoms with Gasteiger partial charge in [0.2, 0.25) is 0 Å². The molecular weight excluding hydrogens is 444 g/mol. The number of benzene rings is 1. The summed E-state index contributed by atoms with van der Waals surface area (Å²) in [5.41, 5.74) is -1.10. The van der Waals surface area contributed by atoms with Crippen molar-refractivity contribution >= 4 is 34.5 Å². The number of nitrogens with zero attached hydrogens (tertiary/aromatic N) is 3. The Labute approximate surface area is 175 Å². The summed E-state index contributed by atoms with van der Waals surface area (Å²) in [6.45, 7) is 0.0172. The van der Waals surface area contributed by atoms with Crippen LogP contribution in [0.1, 0.15) is 21.7 Å². The number of fused-ring (bicyclic) bond motifs is 1. The molecule has 0 spiro atoms. The average molecular weight is 455 g/mol. The molecule has 4 rings (SSSR count). The summed E-state index contributed by atoms with van der Waals surface area (Å²) < 4.78 is 54.4. The van der Waals surface area contributed by atoms with Gasteiger partial charge in [0.05, 0.1) is 10.6 Å². The molecule has 0 bridgehead atoms. The van der Waals surface area contributed by atoms with Gasteiger partial charge < -0.3 is 5.32 Å². The normalized spacial score (nSPS) is 11.8. The molecule has 0 aliphatic heterocycles. The highest BCUT2D eigenvalue weighted by molar-refractivity contribution is 7.13. The van der Waals surface area contributed by atoms with Crippen LogP contribution in [0, 0.1) is 5.82 Å². The summed E-state index contributed by atoms with van der Waals surface area (Å²) in [6, 6.07) is 9.57. The molecule has 0 radical (unpaired) electrons. The summed E-state index contributed by atoms with van der Waals surface area (Å²) in [5, 5.41) is 7.68. The molecule has 0 aliphatic rings. The van der Waals surface area contributed by atoms with Crippen molar-refractivity contribution in [3.8, 4) is 10.6 Å². The minimum atomic E-state index is -4.75. The van der Waals surface area contributed by atoms with Gasteiger partial charge in [0.1, 0.15) is 10.8 Å². The maximum atomic E-state index is 13.6. The predicted octanol–water partition coefficient (Wildman–Crippen LogP) is 5.20. The van der Waals surface area contributed by atoms with E-state index in [1.165, 1.54) is 35.6 Å². The Hall–Kier alpha value is -2.98. The van der Waals surface area contributed by atoms with Crippen LogP contribution in [0.15, 0.2) is 47.8 Å². The molecule has 0 unspecified atom stereocenters. The van der Waals surface area contributed by atoms with Crippen molar-refractivity contribution in [2.24, 2.45) is 0 Å². The molecule has 3 heterocycles. The smallest absolute Gasteiger partial charge is 0.347 e. The van der Waals surface area contributed by atoms with E-state index in [-0.39, 0.29) is 28.6 Å². The summed E-state index contributed by atoms with van der Waals surface area (Å²) >= 11 is 7.41. The Morgan fingerprint density at radius 2 is 1.93 bits per heavy atom. The van der Waals surface area contributed by atoms with Crippen molar-refractivity contribution < 1.29 is 22.4 Å². The van der Waals surface area contributed by atoms with Crippen molar-refractivity contribution in [3.05, 3.63) is 75.6 Å². The van der Waals surface area contributed by atoms with E-state index in [0.717, 1.165) is 6.07 Å². The first-order valence-electron chi connectivity index (χ1n) is 8.47. The van der Waals surface area contributed by atoms with Crippen molar-refractivity contribution in [2.75, 3.05) is 0 Å². The quantitative estimate of drug-likeness (QED) is 0.431. The van der Waals surface area contributed by atoms with E-state index in [4.69, 9.17) is 11.6 Å². The molecule has 0 aliphatic carbocycles. The molecule has 1 aromatic carbocycles. The lowest BCUT2D eigenvalue weighted by molar-refractivity contribution is -0.142. The minimum absolute atomic E-state index is 0.0172. The third-order valence-corrected chi connectivity index (χ3v) is 5.42. The van der Waals surface area contributed by atoms with Gasteiger partial charge in [-0.2, -0.15) is 18.3 Å². The standard InChI is InChI=1S/C19H11ClF4N4OS/c20-15-16(18(29)25-9-10-3-5-11(21)6-4-10)27-28-14(19(22,23)24)8-12(26-17(15)28)13-2-1-7-30-13/h1-8H,9H2,(H,25,29). The maximum Gasteiger partial charge on any atom is 0.433 e. The van der Waals surface area contributed by atoms with Gasteiger partial charge in [-0.15, -0.1) is 11.3 Å². The van der Waals surface area contributed by atoms with Crippen molar-refractivity contribution in [3.63, 3.8) is 0 Å². The highest BCUT2D eigenvalue weighted by atomic mass is 35.5. The number of thiophene rings is 1. The summed E-state index contributed by atoms with van der Waals surface area (Å²) in [7, 11) is 0. The van der Waals surface area contributed by atoms with Gasteiger partial charge >= 0.3 is 6.18 Å². The number of hydrogen-bond acceptors (Lipinski definition) is 4. The van der Waals surface area contributed by atoms with Crippen molar-refractivity contribution in [1.29, 1.82) is 0 Å². The fourth-order valence-corrected chi connectivity index (χ4v) is 3.69. The Kier molecular flexibility index (Phi) is 5.20. The average Bonchev–Trinajstić information content (AvgIpc) is 3.34. The first-order chi connectivity index (χ1) is 14.2. The van der Waals surface area contributed by atoms with E-state index in [1.807, 2.05) is 0 Å². The first kappa shape index (κ1) is 20.3. The SMILES string of the molecule is O=C(NCc1ccc(F)cc1)c1nn2c(C(F)(F)F)cc(-c3cccs3)nc2c1Cl. The number of amides is 1. The van der Waals surface area contributed by atoms with E-state index in [9.17, 15) is 22.4 Å². The van der Waals surface area contributed by atoms with Crippen LogP contribution < -0.4 is 5.32 Å². The topological polar surface area (TPSA) is 59.3 Å². The van der Waals surface area contributed by atoms with Crippen LogP contribution in [0.25, 0.3) is 16.2 Å². The van der Waals surface area contributed by atoms with Gasteiger partial charge in [-0.3, -0.25) is 4.79 Å². The highest BCUT2D eigenvalue weighted by Gasteiger charge is 2.36. The lowest BCUT2D eigenvalue weighted by Gasteiger charge is -2.10. The fourth-order valence-electron chi connectivity index (χ4n) is 2.76. The number of hydrogen-bond donors (Lipinski definition) is 1. The lowest BCUT2D eigenvalue weighted by Crippen LogP contribution is -2.23. The molecule has 11 heteroatoms. The minimum Gasteiger partial charge on any atom is -0.347 e. The number of halogens is 5. The zero-order chi connectivity index (χ0) is 21.5. The summed E-state index contributed by atoms with van der Waals surface area (Å²) in [4.78, 5) is 17.2. The van der Waals surface area contributed by atoms with Crippen molar-refractivity contribution in [1.82, 2.24) is 19.9 Å².